The fraction of sp³-hybridized carbons (Fsp3) is 0.400. The molecule has 1 aromatic carbocycles. The Morgan fingerprint density at radius 1 is 1.39 bits per heavy atom. The number of carbonyl (C=O) groups excluding carboxylic acids is 1. The van der Waals surface area contributed by atoms with E-state index >= 15 is 0 Å². The van der Waals surface area contributed by atoms with Crippen LogP contribution in [0.25, 0.3) is 6.08 Å². The monoisotopic (exact) mass is 263 g/mol. The molecular weight excluding hydrogens is 246 g/mol. The number of benzene rings is 1. The molecule has 0 N–H and O–H groups in total. The van der Waals surface area contributed by atoms with Crippen molar-refractivity contribution < 1.29 is 4.79 Å². The molecular formula is C15H18ClNO. The van der Waals surface area contributed by atoms with Crippen molar-refractivity contribution in [3.63, 3.8) is 0 Å². The van der Waals surface area contributed by atoms with Gasteiger partial charge in [0.2, 0.25) is 5.91 Å². The molecule has 0 radical (unpaired) electrons. The van der Waals surface area contributed by atoms with E-state index in [1.54, 1.807) is 12.2 Å². The highest BCUT2D eigenvalue weighted by Gasteiger charge is 2.21. The lowest BCUT2D eigenvalue weighted by atomic mass is 10.0. The molecule has 0 aromatic heterocycles. The van der Waals surface area contributed by atoms with Crippen molar-refractivity contribution in [3.05, 3.63) is 40.9 Å². The lowest BCUT2D eigenvalue weighted by Gasteiger charge is -2.32. The molecule has 1 aliphatic heterocycles. The Morgan fingerprint density at radius 3 is 2.89 bits per heavy atom. The van der Waals surface area contributed by atoms with E-state index in [-0.39, 0.29) is 5.91 Å². The van der Waals surface area contributed by atoms with Gasteiger partial charge in [-0.2, -0.15) is 0 Å². The van der Waals surface area contributed by atoms with E-state index < -0.39 is 0 Å². The van der Waals surface area contributed by atoms with Crippen LogP contribution in [0.1, 0.15) is 31.7 Å². The van der Waals surface area contributed by atoms with Crippen LogP contribution >= 0.6 is 11.6 Å². The van der Waals surface area contributed by atoms with Gasteiger partial charge in [0, 0.05) is 23.7 Å². The van der Waals surface area contributed by atoms with Crippen LogP contribution in [0, 0.1) is 0 Å². The fourth-order valence-electron chi connectivity index (χ4n) is 2.29. The highest BCUT2D eigenvalue weighted by molar-refractivity contribution is 6.32. The van der Waals surface area contributed by atoms with Crippen LogP contribution in [0.2, 0.25) is 5.02 Å². The number of hydrogen-bond acceptors (Lipinski definition) is 1. The highest BCUT2D eigenvalue weighted by Crippen LogP contribution is 2.19. The number of halogens is 1. The van der Waals surface area contributed by atoms with Crippen molar-refractivity contribution in [3.8, 4) is 0 Å². The van der Waals surface area contributed by atoms with Crippen LogP contribution in [-0.2, 0) is 4.79 Å². The maximum Gasteiger partial charge on any atom is 0.246 e. The first kappa shape index (κ1) is 13.2. The molecule has 1 heterocycles. The zero-order chi connectivity index (χ0) is 13.0. The molecule has 1 aromatic rings. The molecule has 1 amide bonds. The number of piperidine rings is 1. The number of hydrogen-bond donors (Lipinski definition) is 0. The molecule has 96 valence electrons. The zero-order valence-corrected chi connectivity index (χ0v) is 11.4. The third-order valence-electron chi connectivity index (χ3n) is 3.40. The van der Waals surface area contributed by atoms with Crippen LogP contribution in [0.3, 0.4) is 0 Å². The summed E-state index contributed by atoms with van der Waals surface area (Å²) in [7, 11) is 0. The Kier molecular flexibility index (Phi) is 4.43. The Labute approximate surface area is 113 Å². The van der Waals surface area contributed by atoms with E-state index in [1.165, 1.54) is 6.42 Å². The summed E-state index contributed by atoms with van der Waals surface area (Å²) in [6.45, 7) is 2.98. The van der Waals surface area contributed by atoms with Gasteiger partial charge in [0.05, 0.1) is 0 Å². The first-order chi connectivity index (χ1) is 8.68. The standard InChI is InChI=1S/C15H18ClNO/c1-12-6-4-5-11-17(12)15(18)10-9-13-7-2-3-8-14(13)16/h2-3,7-10,12H,4-6,11H2,1H3/b10-9+/t12-/m1/s1. The SMILES string of the molecule is C[C@@H]1CCCCN1C(=O)/C=C/c1ccccc1Cl. The molecule has 2 rings (SSSR count). The second-order valence-electron chi connectivity index (χ2n) is 4.73. The van der Waals surface area contributed by atoms with E-state index in [9.17, 15) is 4.79 Å². The third kappa shape index (κ3) is 3.14. The second kappa shape index (κ2) is 6.05. The van der Waals surface area contributed by atoms with Crippen molar-refractivity contribution in [2.24, 2.45) is 0 Å². The molecule has 1 atom stereocenters. The van der Waals surface area contributed by atoms with Crippen LogP contribution in [0.4, 0.5) is 0 Å². The average Bonchev–Trinajstić information content (AvgIpc) is 2.38. The first-order valence-corrected chi connectivity index (χ1v) is 6.79. The zero-order valence-electron chi connectivity index (χ0n) is 10.6. The number of carbonyl (C=O) groups is 1. The number of amides is 1. The molecule has 1 fully saturated rings. The summed E-state index contributed by atoms with van der Waals surface area (Å²) in [4.78, 5) is 14.0. The smallest absolute Gasteiger partial charge is 0.246 e. The van der Waals surface area contributed by atoms with Crippen LogP contribution in [-0.4, -0.2) is 23.4 Å². The van der Waals surface area contributed by atoms with E-state index in [0.717, 1.165) is 24.9 Å². The van der Waals surface area contributed by atoms with Crippen molar-refractivity contribution in [2.75, 3.05) is 6.54 Å². The highest BCUT2D eigenvalue weighted by atomic mass is 35.5. The lowest BCUT2D eigenvalue weighted by molar-refractivity contribution is -0.129. The Morgan fingerprint density at radius 2 is 2.17 bits per heavy atom. The first-order valence-electron chi connectivity index (χ1n) is 6.41. The van der Waals surface area contributed by atoms with Crippen LogP contribution < -0.4 is 0 Å². The van der Waals surface area contributed by atoms with Crippen molar-refractivity contribution in [2.45, 2.75) is 32.2 Å². The van der Waals surface area contributed by atoms with Gasteiger partial charge in [-0.15, -0.1) is 0 Å². The number of likely N-dealkylation sites (tertiary alicyclic amines) is 1. The number of rotatable bonds is 2. The van der Waals surface area contributed by atoms with Crippen LogP contribution in [0.15, 0.2) is 30.3 Å². The van der Waals surface area contributed by atoms with Gasteiger partial charge in [0.25, 0.3) is 0 Å². The third-order valence-corrected chi connectivity index (χ3v) is 3.74. The largest absolute Gasteiger partial charge is 0.336 e. The molecule has 0 unspecified atom stereocenters. The van der Waals surface area contributed by atoms with E-state index in [1.807, 2.05) is 29.2 Å². The Hall–Kier alpha value is -1.28. The number of nitrogens with zero attached hydrogens (tertiary/aromatic N) is 1. The second-order valence-corrected chi connectivity index (χ2v) is 5.14. The summed E-state index contributed by atoms with van der Waals surface area (Å²) < 4.78 is 0. The van der Waals surface area contributed by atoms with Gasteiger partial charge in [-0.1, -0.05) is 29.8 Å². The van der Waals surface area contributed by atoms with Crippen molar-refractivity contribution in [1.82, 2.24) is 4.90 Å². The summed E-state index contributed by atoms with van der Waals surface area (Å²) in [5.74, 6) is 0.0853. The summed E-state index contributed by atoms with van der Waals surface area (Å²) in [5, 5.41) is 0.674. The molecule has 0 aliphatic carbocycles. The minimum Gasteiger partial charge on any atom is -0.336 e. The van der Waals surface area contributed by atoms with Gasteiger partial charge in [-0.05, 0) is 43.9 Å². The summed E-state index contributed by atoms with van der Waals surface area (Å²) in [6, 6.07) is 7.89. The van der Waals surface area contributed by atoms with Crippen molar-refractivity contribution >= 4 is 23.6 Å². The van der Waals surface area contributed by atoms with Gasteiger partial charge in [-0.3, -0.25) is 4.79 Å². The Balaban J connectivity index is 2.05. The van der Waals surface area contributed by atoms with Gasteiger partial charge in [-0.25, -0.2) is 0 Å². The predicted molar refractivity (Wildman–Crippen MR) is 75.5 cm³/mol. The van der Waals surface area contributed by atoms with Crippen LogP contribution in [0.5, 0.6) is 0 Å². The Bertz CT molecular complexity index is 456. The summed E-state index contributed by atoms with van der Waals surface area (Å²) in [5.41, 5.74) is 0.886. The molecule has 1 saturated heterocycles. The minimum atomic E-state index is 0.0853. The van der Waals surface area contributed by atoms with E-state index in [0.29, 0.717) is 11.1 Å². The maximum absolute atomic E-state index is 12.1. The average molecular weight is 264 g/mol. The normalized spacial score (nSPS) is 20.3. The fourth-order valence-corrected chi connectivity index (χ4v) is 2.49. The molecule has 0 bridgehead atoms. The van der Waals surface area contributed by atoms with Gasteiger partial charge in [0.1, 0.15) is 0 Å². The molecule has 0 spiro atoms. The van der Waals surface area contributed by atoms with E-state index in [2.05, 4.69) is 6.92 Å². The van der Waals surface area contributed by atoms with Crippen molar-refractivity contribution in [1.29, 1.82) is 0 Å². The molecule has 1 aliphatic rings. The summed E-state index contributed by atoms with van der Waals surface area (Å²) >= 11 is 6.05. The lowest BCUT2D eigenvalue weighted by Crippen LogP contribution is -2.41. The quantitative estimate of drug-likeness (QED) is 0.744. The van der Waals surface area contributed by atoms with Gasteiger partial charge < -0.3 is 4.90 Å². The van der Waals surface area contributed by atoms with Gasteiger partial charge in [0.15, 0.2) is 0 Å². The topological polar surface area (TPSA) is 20.3 Å². The molecule has 3 heteroatoms. The minimum absolute atomic E-state index is 0.0853. The molecule has 2 nitrogen and oxygen atoms in total. The summed E-state index contributed by atoms with van der Waals surface area (Å²) in [6.07, 6.45) is 6.86. The maximum atomic E-state index is 12.1. The molecule has 0 saturated carbocycles. The van der Waals surface area contributed by atoms with E-state index in [4.69, 9.17) is 11.6 Å². The molecule has 18 heavy (non-hydrogen) atoms. The van der Waals surface area contributed by atoms with Gasteiger partial charge >= 0.3 is 0 Å². The predicted octanol–water partition coefficient (Wildman–Crippen LogP) is 3.75.